The minimum absolute atomic E-state index is 0.0349. The summed E-state index contributed by atoms with van der Waals surface area (Å²) in [4.78, 5) is 0. The normalized spacial score (nSPS) is 13.2. The van der Waals surface area contributed by atoms with Crippen LogP contribution < -0.4 is 0 Å². The number of hydrogen-bond acceptors (Lipinski definition) is 1. The van der Waals surface area contributed by atoms with Crippen LogP contribution in [0, 0.1) is 0 Å². The molecule has 0 aliphatic carbocycles. The number of rotatable bonds is 3. The van der Waals surface area contributed by atoms with E-state index in [0.717, 1.165) is 18.1 Å². The second-order valence-electron chi connectivity index (χ2n) is 4.73. The molecule has 1 N–H and O–H groups in total. The maximum absolute atomic E-state index is 12.9. The van der Waals surface area contributed by atoms with Crippen molar-refractivity contribution in [2.45, 2.75) is 25.6 Å². The smallest absolute Gasteiger partial charge is 0.384 e. The average Bonchev–Trinajstić information content (AvgIpc) is 2.46. The predicted molar refractivity (Wildman–Crippen MR) is 79.0 cm³/mol. The van der Waals surface area contributed by atoms with Gasteiger partial charge < -0.3 is 5.11 Å². The highest BCUT2D eigenvalue weighted by Gasteiger charge is 2.33. The number of hydrogen-bond donors (Lipinski definition) is 1. The van der Waals surface area contributed by atoms with Crippen molar-refractivity contribution >= 4 is 15.9 Å². The number of benzene rings is 2. The molecule has 2 aromatic carbocycles. The van der Waals surface area contributed by atoms with E-state index < -0.39 is 17.8 Å². The quantitative estimate of drug-likeness (QED) is 0.807. The molecule has 0 radical (unpaired) electrons. The van der Waals surface area contributed by atoms with Gasteiger partial charge in [0.1, 0.15) is 6.10 Å². The fourth-order valence-electron chi connectivity index (χ4n) is 2.06. The summed E-state index contributed by atoms with van der Waals surface area (Å²) in [6.07, 6.45) is -4.67. The summed E-state index contributed by atoms with van der Waals surface area (Å²) in [5.74, 6) is 0. The van der Waals surface area contributed by atoms with Gasteiger partial charge in [0.15, 0.2) is 0 Å². The lowest BCUT2D eigenvalue weighted by molar-refractivity contribution is -0.138. The van der Waals surface area contributed by atoms with E-state index in [-0.39, 0.29) is 10.0 Å². The van der Waals surface area contributed by atoms with Crippen LogP contribution in [0.4, 0.5) is 13.2 Å². The topological polar surface area (TPSA) is 20.2 Å². The minimum Gasteiger partial charge on any atom is -0.384 e. The molecule has 0 amide bonds. The van der Waals surface area contributed by atoms with E-state index in [9.17, 15) is 18.3 Å². The second-order valence-corrected chi connectivity index (χ2v) is 5.59. The number of aliphatic hydroxyl groups is 1. The Balaban J connectivity index is 2.36. The molecule has 2 rings (SSSR count). The van der Waals surface area contributed by atoms with Crippen molar-refractivity contribution in [3.63, 3.8) is 0 Å². The zero-order valence-electron chi connectivity index (χ0n) is 11.3. The monoisotopic (exact) mass is 358 g/mol. The summed E-state index contributed by atoms with van der Waals surface area (Å²) in [5, 5.41) is 10.3. The van der Waals surface area contributed by atoms with Crippen molar-refractivity contribution < 1.29 is 18.3 Å². The van der Waals surface area contributed by atoms with Crippen LogP contribution in [0.1, 0.15) is 35.3 Å². The molecule has 1 atom stereocenters. The Morgan fingerprint density at radius 2 is 1.62 bits per heavy atom. The lowest BCUT2D eigenvalue weighted by Crippen LogP contribution is -2.08. The maximum atomic E-state index is 12.9. The fourth-order valence-corrected chi connectivity index (χ4v) is 2.53. The van der Waals surface area contributed by atoms with Gasteiger partial charge in [-0.1, -0.05) is 53.2 Å². The first-order valence-electron chi connectivity index (χ1n) is 6.46. The Kier molecular flexibility index (Phi) is 4.74. The third-order valence-corrected chi connectivity index (χ3v) is 4.01. The van der Waals surface area contributed by atoms with Crippen molar-refractivity contribution in [3.8, 4) is 0 Å². The first-order chi connectivity index (χ1) is 9.82. The van der Waals surface area contributed by atoms with Crippen LogP contribution in [0.2, 0.25) is 0 Å². The predicted octanol–water partition coefficient (Wildman–Crippen LogP) is 5.11. The van der Waals surface area contributed by atoms with Gasteiger partial charge in [0.25, 0.3) is 0 Å². The van der Waals surface area contributed by atoms with Crippen LogP contribution in [0.15, 0.2) is 46.9 Å². The molecule has 1 nitrogen and oxygen atoms in total. The zero-order valence-corrected chi connectivity index (χ0v) is 12.9. The van der Waals surface area contributed by atoms with Crippen molar-refractivity contribution in [1.29, 1.82) is 0 Å². The molecule has 0 heterocycles. The standard InChI is InChI=1S/C16H14BrF3O/c1-2-10-3-5-11(6-4-10)15(21)12-7-8-14(17)13(9-12)16(18,19)20/h3-9,15,21H,2H2,1H3. The Morgan fingerprint density at radius 1 is 1.05 bits per heavy atom. The first kappa shape index (κ1) is 16.0. The van der Waals surface area contributed by atoms with Crippen LogP contribution in [-0.2, 0) is 12.6 Å². The largest absolute Gasteiger partial charge is 0.417 e. The molecule has 21 heavy (non-hydrogen) atoms. The Hall–Kier alpha value is -1.33. The third-order valence-electron chi connectivity index (χ3n) is 3.32. The summed E-state index contributed by atoms with van der Waals surface area (Å²) in [5.41, 5.74) is 1.11. The van der Waals surface area contributed by atoms with Gasteiger partial charge in [0.05, 0.1) is 5.56 Å². The van der Waals surface area contributed by atoms with Crippen molar-refractivity contribution in [1.82, 2.24) is 0 Å². The first-order valence-corrected chi connectivity index (χ1v) is 7.25. The van der Waals surface area contributed by atoms with E-state index in [1.165, 1.54) is 12.1 Å². The van der Waals surface area contributed by atoms with Gasteiger partial charge in [-0.25, -0.2) is 0 Å². The van der Waals surface area contributed by atoms with Gasteiger partial charge in [0.2, 0.25) is 0 Å². The van der Waals surface area contributed by atoms with Gasteiger partial charge in [-0.05, 0) is 35.2 Å². The van der Waals surface area contributed by atoms with Crippen LogP contribution in [0.3, 0.4) is 0 Å². The second kappa shape index (κ2) is 6.20. The molecule has 0 spiro atoms. The SMILES string of the molecule is CCc1ccc(C(O)c2ccc(Br)c(C(F)(F)F)c2)cc1. The molecular weight excluding hydrogens is 345 g/mol. The number of aryl methyl sites for hydroxylation is 1. The molecular formula is C16H14BrF3O. The molecule has 0 bridgehead atoms. The number of halogens is 4. The highest BCUT2D eigenvalue weighted by atomic mass is 79.9. The number of alkyl halides is 3. The zero-order chi connectivity index (χ0) is 15.6. The summed E-state index contributed by atoms with van der Waals surface area (Å²) >= 11 is 2.89. The van der Waals surface area contributed by atoms with Crippen molar-refractivity contribution in [2.24, 2.45) is 0 Å². The molecule has 0 fully saturated rings. The average molecular weight is 359 g/mol. The molecule has 0 aromatic heterocycles. The summed E-state index contributed by atoms with van der Waals surface area (Å²) in [6, 6.07) is 11.0. The maximum Gasteiger partial charge on any atom is 0.417 e. The van der Waals surface area contributed by atoms with Crippen LogP contribution in [0.5, 0.6) is 0 Å². The lowest BCUT2D eigenvalue weighted by Gasteiger charge is -2.15. The third kappa shape index (κ3) is 3.66. The van der Waals surface area contributed by atoms with E-state index >= 15 is 0 Å². The molecule has 5 heteroatoms. The Labute approximate surface area is 129 Å². The molecule has 0 aliphatic heterocycles. The molecule has 0 saturated heterocycles. The highest BCUT2D eigenvalue weighted by Crippen LogP contribution is 2.37. The summed E-state index contributed by atoms with van der Waals surface area (Å²) in [6.45, 7) is 2.01. The van der Waals surface area contributed by atoms with E-state index in [0.29, 0.717) is 5.56 Å². The van der Waals surface area contributed by atoms with E-state index in [1.807, 2.05) is 19.1 Å². The van der Waals surface area contributed by atoms with Crippen LogP contribution in [0.25, 0.3) is 0 Å². The van der Waals surface area contributed by atoms with Gasteiger partial charge >= 0.3 is 6.18 Å². The van der Waals surface area contributed by atoms with E-state index in [2.05, 4.69) is 15.9 Å². The van der Waals surface area contributed by atoms with Crippen LogP contribution in [-0.4, -0.2) is 5.11 Å². The molecule has 2 aromatic rings. The van der Waals surface area contributed by atoms with Gasteiger partial charge in [-0.3, -0.25) is 0 Å². The van der Waals surface area contributed by atoms with Crippen molar-refractivity contribution in [3.05, 3.63) is 69.2 Å². The Bertz CT molecular complexity index is 620. The van der Waals surface area contributed by atoms with E-state index in [4.69, 9.17) is 0 Å². The summed E-state index contributed by atoms with van der Waals surface area (Å²) in [7, 11) is 0. The summed E-state index contributed by atoms with van der Waals surface area (Å²) < 4.78 is 38.6. The minimum atomic E-state index is -4.46. The molecule has 1 unspecified atom stereocenters. The Morgan fingerprint density at radius 3 is 2.14 bits per heavy atom. The molecule has 0 saturated carbocycles. The molecule has 0 aliphatic rings. The van der Waals surface area contributed by atoms with E-state index in [1.54, 1.807) is 12.1 Å². The van der Waals surface area contributed by atoms with Crippen LogP contribution >= 0.6 is 15.9 Å². The fraction of sp³-hybridized carbons (Fsp3) is 0.250. The van der Waals surface area contributed by atoms with Gasteiger partial charge in [-0.2, -0.15) is 13.2 Å². The highest BCUT2D eigenvalue weighted by molar-refractivity contribution is 9.10. The molecule has 112 valence electrons. The lowest BCUT2D eigenvalue weighted by atomic mass is 9.98. The van der Waals surface area contributed by atoms with Gasteiger partial charge in [0, 0.05) is 4.47 Å². The number of aliphatic hydroxyl groups excluding tert-OH is 1. The van der Waals surface area contributed by atoms with Crippen molar-refractivity contribution in [2.75, 3.05) is 0 Å². The van der Waals surface area contributed by atoms with Gasteiger partial charge in [-0.15, -0.1) is 0 Å².